The van der Waals surface area contributed by atoms with Crippen molar-refractivity contribution in [1.29, 1.82) is 0 Å². The minimum Gasteiger partial charge on any atom is -0.395 e. The van der Waals surface area contributed by atoms with Crippen LogP contribution in [-0.4, -0.2) is 89.4 Å². The normalized spacial score (nSPS) is 21.6. The van der Waals surface area contributed by atoms with Crippen LogP contribution in [0.3, 0.4) is 0 Å². The Balaban J connectivity index is 1.55. The number of β-amino-alcohol motifs (C(OH)–C–C–N with tert-alkyl or cyclic N) is 1. The van der Waals surface area contributed by atoms with Gasteiger partial charge < -0.3 is 14.7 Å². The first-order valence-corrected chi connectivity index (χ1v) is 9.76. The second-order valence-corrected chi connectivity index (χ2v) is 7.45. The smallest absolute Gasteiger partial charge is 0.229 e. The molecule has 1 N–H and O–H groups in total. The standard InChI is InChI=1S/C16H25N5O4S/c1-2-25-11-13-17-18-16(26-13)21-10-12(9-14(21)23)15(24)20-5-3-19(4-6-20)7-8-22/h12,22H,2-11H2,1H3. The predicted octanol–water partition coefficient (Wildman–Crippen LogP) is -0.436. The second kappa shape index (κ2) is 8.85. The lowest BCUT2D eigenvalue weighted by atomic mass is 10.1. The van der Waals surface area contributed by atoms with Crippen molar-refractivity contribution < 1.29 is 19.4 Å². The predicted molar refractivity (Wildman–Crippen MR) is 95.8 cm³/mol. The van der Waals surface area contributed by atoms with E-state index in [1.165, 1.54) is 11.3 Å². The zero-order chi connectivity index (χ0) is 18.5. The van der Waals surface area contributed by atoms with Gasteiger partial charge in [-0.25, -0.2) is 0 Å². The Bertz CT molecular complexity index is 632. The number of piperazine rings is 1. The van der Waals surface area contributed by atoms with Gasteiger partial charge in [-0.3, -0.25) is 19.4 Å². The molecule has 1 aromatic heterocycles. The lowest BCUT2D eigenvalue weighted by Gasteiger charge is -2.35. The van der Waals surface area contributed by atoms with E-state index in [-0.39, 0.29) is 30.8 Å². The van der Waals surface area contributed by atoms with E-state index in [1.54, 1.807) is 4.90 Å². The van der Waals surface area contributed by atoms with Crippen molar-refractivity contribution in [2.24, 2.45) is 5.92 Å². The van der Waals surface area contributed by atoms with Gasteiger partial charge in [-0.15, -0.1) is 10.2 Å². The van der Waals surface area contributed by atoms with Crippen LogP contribution >= 0.6 is 11.3 Å². The Labute approximate surface area is 156 Å². The number of hydrogen-bond acceptors (Lipinski definition) is 8. The molecule has 10 heteroatoms. The van der Waals surface area contributed by atoms with E-state index in [9.17, 15) is 9.59 Å². The van der Waals surface area contributed by atoms with Crippen molar-refractivity contribution in [3.8, 4) is 0 Å². The van der Waals surface area contributed by atoms with Crippen molar-refractivity contribution in [1.82, 2.24) is 20.0 Å². The van der Waals surface area contributed by atoms with Gasteiger partial charge in [0.1, 0.15) is 11.6 Å². The van der Waals surface area contributed by atoms with Crippen LogP contribution in [0.1, 0.15) is 18.4 Å². The van der Waals surface area contributed by atoms with Crippen LogP contribution in [0.2, 0.25) is 0 Å². The molecule has 9 nitrogen and oxygen atoms in total. The van der Waals surface area contributed by atoms with Gasteiger partial charge in [-0.2, -0.15) is 0 Å². The first-order chi connectivity index (χ1) is 12.6. The number of carbonyl (C=O) groups is 2. The molecular weight excluding hydrogens is 358 g/mol. The van der Waals surface area contributed by atoms with Gasteiger partial charge in [0.15, 0.2) is 0 Å². The molecule has 2 saturated heterocycles. The van der Waals surface area contributed by atoms with E-state index in [0.717, 1.165) is 18.1 Å². The molecule has 0 aliphatic carbocycles. The first-order valence-electron chi connectivity index (χ1n) is 8.94. The highest BCUT2D eigenvalue weighted by molar-refractivity contribution is 7.15. The van der Waals surface area contributed by atoms with Crippen molar-refractivity contribution in [3.05, 3.63) is 5.01 Å². The molecule has 0 radical (unpaired) electrons. The Morgan fingerprint density at radius 3 is 2.77 bits per heavy atom. The maximum absolute atomic E-state index is 12.8. The van der Waals surface area contributed by atoms with Crippen LogP contribution in [0.4, 0.5) is 5.13 Å². The molecule has 2 amide bonds. The van der Waals surface area contributed by atoms with Gasteiger partial charge in [0.05, 0.1) is 12.5 Å². The third-order valence-electron chi connectivity index (χ3n) is 4.69. The van der Waals surface area contributed by atoms with Crippen LogP contribution in [0.15, 0.2) is 0 Å². The number of aliphatic hydroxyl groups is 1. The topological polar surface area (TPSA) is 99.1 Å². The number of aliphatic hydroxyl groups excluding tert-OH is 1. The Hall–Kier alpha value is -1.62. The number of hydrogen-bond donors (Lipinski definition) is 1. The second-order valence-electron chi connectivity index (χ2n) is 6.41. The molecule has 3 rings (SSSR count). The maximum atomic E-state index is 12.8. The molecule has 3 heterocycles. The summed E-state index contributed by atoms with van der Waals surface area (Å²) in [6, 6.07) is 0. The fourth-order valence-corrected chi connectivity index (χ4v) is 4.05. The SMILES string of the molecule is CCOCc1nnc(N2CC(C(=O)N3CCN(CCO)CC3)CC2=O)s1. The maximum Gasteiger partial charge on any atom is 0.229 e. The Kier molecular flexibility index (Phi) is 6.52. The fraction of sp³-hybridized carbons (Fsp3) is 0.750. The van der Waals surface area contributed by atoms with E-state index in [1.807, 2.05) is 11.8 Å². The average molecular weight is 383 g/mol. The van der Waals surface area contributed by atoms with E-state index >= 15 is 0 Å². The molecule has 1 atom stereocenters. The highest BCUT2D eigenvalue weighted by Crippen LogP contribution is 2.29. The van der Waals surface area contributed by atoms with E-state index < -0.39 is 0 Å². The van der Waals surface area contributed by atoms with Crippen LogP contribution in [-0.2, 0) is 20.9 Å². The molecule has 0 bridgehead atoms. The van der Waals surface area contributed by atoms with E-state index in [4.69, 9.17) is 9.84 Å². The molecule has 2 aliphatic rings. The molecule has 0 saturated carbocycles. The van der Waals surface area contributed by atoms with E-state index in [2.05, 4.69) is 15.1 Å². The van der Waals surface area contributed by atoms with Gasteiger partial charge in [0, 0.05) is 52.3 Å². The summed E-state index contributed by atoms with van der Waals surface area (Å²) in [7, 11) is 0. The van der Waals surface area contributed by atoms with Gasteiger partial charge in [0.25, 0.3) is 0 Å². The first kappa shape index (κ1) is 19.2. The third-order valence-corrected chi connectivity index (χ3v) is 5.61. The number of anilines is 1. The number of nitrogens with zero attached hydrogens (tertiary/aromatic N) is 5. The number of rotatable bonds is 7. The molecule has 2 aliphatic heterocycles. The summed E-state index contributed by atoms with van der Waals surface area (Å²) in [4.78, 5) is 30.7. The summed E-state index contributed by atoms with van der Waals surface area (Å²) < 4.78 is 5.31. The number of ether oxygens (including phenoxy) is 1. The molecule has 144 valence electrons. The molecule has 1 aromatic rings. The number of aromatic nitrogens is 2. The van der Waals surface area contributed by atoms with Crippen LogP contribution in [0.25, 0.3) is 0 Å². The zero-order valence-corrected chi connectivity index (χ0v) is 15.8. The molecule has 2 fully saturated rings. The Morgan fingerprint density at radius 2 is 2.08 bits per heavy atom. The Morgan fingerprint density at radius 1 is 1.31 bits per heavy atom. The fourth-order valence-electron chi connectivity index (χ4n) is 3.25. The summed E-state index contributed by atoms with van der Waals surface area (Å²) in [5.41, 5.74) is 0. The van der Waals surface area contributed by atoms with Crippen molar-refractivity contribution in [3.63, 3.8) is 0 Å². The summed E-state index contributed by atoms with van der Waals surface area (Å²) in [6.45, 7) is 6.81. The molecule has 0 spiro atoms. The zero-order valence-electron chi connectivity index (χ0n) is 15.0. The highest BCUT2D eigenvalue weighted by atomic mass is 32.1. The summed E-state index contributed by atoms with van der Waals surface area (Å²) >= 11 is 1.33. The lowest BCUT2D eigenvalue weighted by Crippen LogP contribution is -2.51. The summed E-state index contributed by atoms with van der Waals surface area (Å²) in [5.74, 6) is -0.379. The highest BCUT2D eigenvalue weighted by Gasteiger charge is 2.39. The largest absolute Gasteiger partial charge is 0.395 e. The number of amides is 2. The average Bonchev–Trinajstić information content (AvgIpc) is 3.26. The summed E-state index contributed by atoms with van der Waals surface area (Å²) in [6.07, 6.45) is 0.218. The number of carbonyl (C=O) groups excluding carboxylic acids is 2. The quantitative estimate of drug-likeness (QED) is 0.682. The van der Waals surface area contributed by atoms with Gasteiger partial charge in [-0.05, 0) is 6.92 Å². The monoisotopic (exact) mass is 383 g/mol. The van der Waals surface area contributed by atoms with Crippen molar-refractivity contribution in [2.75, 3.05) is 57.4 Å². The van der Waals surface area contributed by atoms with Crippen molar-refractivity contribution >= 4 is 28.3 Å². The van der Waals surface area contributed by atoms with Crippen LogP contribution < -0.4 is 4.90 Å². The van der Waals surface area contributed by atoms with Gasteiger partial charge >= 0.3 is 0 Å². The lowest BCUT2D eigenvalue weighted by molar-refractivity contribution is -0.137. The van der Waals surface area contributed by atoms with Crippen LogP contribution in [0.5, 0.6) is 0 Å². The third kappa shape index (κ3) is 4.37. The van der Waals surface area contributed by atoms with Crippen molar-refractivity contribution in [2.45, 2.75) is 20.0 Å². The summed E-state index contributed by atoms with van der Waals surface area (Å²) in [5, 5.41) is 18.4. The minimum absolute atomic E-state index is 0.0311. The molecule has 0 aromatic carbocycles. The van der Waals surface area contributed by atoms with Crippen LogP contribution in [0, 0.1) is 5.92 Å². The molecule has 1 unspecified atom stereocenters. The van der Waals surface area contributed by atoms with E-state index in [0.29, 0.717) is 44.5 Å². The van der Waals surface area contributed by atoms with Gasteiger partial charge in [0.2, 0.25) is 16.9 Å². The molecule has 26 heavy (non-hydrogen) atoms. The minimum atomic E-state index is -0.328. The van der Waals surface area contributed by atoms with Gasteiger partial charge in [-0.1, -0.05) is 11.3 Å². The molecular formula is C16H25N5O4S.